The molecule has 0 radical (unpaired) electrons. The Morgan fingerprint density at radius 1 is 1.31 bits per heavy atom. The molecule has 35 heavy (non-hydrogen) atoms. The molecule has 1 amide bonds. The fraction of sp³-hybridized carbons (Fsp3) is 0.478. The summed E-state index contributed by atoms with van der Waals surface area (Å²) in [5.74, 6) is 1.99. The zero-order valence-electron chi connectivity index (χ0n) is 19.5. The van der Waals surface area contributed by atoms with Crippen molar-refractivity contribution in [3.8, 4) is 11.4 Å². The van der Waals surface area contributed by atoms with Crippen LogP contribution in [0.4, 0.5) is 16.3 Å². The van der Waals surface area contributed by atoms with Crippen molar-refractivity contribution in [1.29, 1.82) is 0 Å². The van der Waals surface area contributed by atoms with E-state index in [1.165, 1.54) is 0 Å². The molecule has 1 saturated carbocycles. The number of H-pyrrole nitrogens is 1. The third kappa shape index (κ3) is 3.69. The van der Waals surface area contributed by atoms with Crippen molar-refractivity contribution >= 4 is 40.4 Å². The lowest BCUT2D eigenvalue weighted by Crippen LogP contribution is -2.41. The van der Waals surface area contributed by atoms with Crippen molar-refractivity contribution in [2.45, 2.75) is 25.5 Å². The van der Waals surface area contributed by atoms with E-state index < -0.39 is 6.09 Å². The van der Waals surface area contributed by atoms with Crippen molar-refractivity contribution in [2.75, 3.05) is 36.5 Å². The highest BCUT2D eigenvalue weighted by molar-refractivity contribution is 6.34. The van der Waals surface area contributed by atoms with Gasteiger partial charge in [-0.05, 0) is 13.3 Å². The Labute approximate surface area is 206 Å². The van der Waals surface area contributed by atoms with Gasteiger partial charge >= 0.3 is 6.09 Å². The van der Waals surface area contributed by atoms with Crippen molar-refractivity contribution < 1.29 is 14.3 Å². The highest BCUT2D eigenvalue weighted by atomic mass is 35.5. The zero-order chi connectivity index (χ0) is 24.3. The maximum absolute atomic E-state index is 11.5. The molecule has 1 saturated heterocycles. The summed E-state index contributed by atoms with van der Waals surface area (Å²) in [4.78, 5) is 26.6. The van der Waals surface area contributed by atoms with E-state index in [1.54, 1.807) is 6.20 Å². The summed E-state index contributed by atoms with van der Waals surface area (Å²) in [6, 6.07) is -0.162. The number of nitrogens with zero attached hydrogens (tertiary/aromatic N) is 5. The summed E-state index contributed by atoms with van der Waals surface area (Å²) < 4.78 is 12.9. The van der Waals surface area contributed by atoms with Gasteiger partial charge in [-0.3, -0.25) is 4.68 Å². The van der Waals surface area contributed by atoms with Gasteiger partial charge in [-0.2, -0.15) is 5.10 Å². The minimum Gasteiger partial charge on any atom is -0.444 e. The smallest absolute Gasteiger partial charge is 0.404 e. The molecule has 12 heteroatoms. The number of aromatic amines is 1. The minimum atomic E-state index is -0.779. The van der Waals surface area contributed by atoms with Crippen LogP contribution >= 0.6 is 11.6 Å². The number of amides is 1. The Balaban J connectivity index is 1.40. The fourth-order valence-electron chi connectivity index (χ4n) is 5.67. The molecule has 3 aromatic heterocycles. The molecule has 2 bridgehead atoms. The van der Waals surface area contributed by atoms with E-state index in [-0.39, 0.29) is 24.0 Å². The first-order chi connectivity index (χ1) is 16.9. The number of anilines is 2. The number of hydrogen-bond acceptors (Lipinski definition) is 8. The summed E-state index contributed by atoms with van der Waals surface area (Å²) in [7, 11) is 1.94. The Morgan fingerprint density at radius 3 is 2.86 bits per heavy atom. The molecule has 1 aliphatic heterocycles. The second kappa shape index (κ2) is 8.42. The van der Waals surface area contributed by atoms with E-state index in [0.29, 0.717) is 40.9 Å². The molecular weight excluding hydrogens is 472 g/mol. The molecule has 3 aliphatic rings. The van der Waals surface area contributed by atoms with Gasteiger partial charge in [0.15, 0.2) is 5.65 Å². The standard InChI is InChI=1S/C23H27ClN8O3/c1-11-15(22(31(2)30-11)32-5-7-34-8-6-32)20-28-18-17(14(24)10-26-21(18)29-20)27-16-12-3-4-13(9-12)19(16)35-23(25)33/h3-4,10,12-13,16,19H,5-9H2,1-2H3,(H2,25,33)(H2,26,27,28,29)/t12-,13+,16+,19-/m0/s1. The number of carbonyl (C=O) groups is 1. The summed E-state index contributed by atoms with van der Waals surface area (Å²) in [5, 5.41) is 8.62. The lowest BCUT2D eigenvalue weighted by molar-refractivity contribution is 0.0854. The summed E-state index contributed by atoms with van der Waals surface area (Å²) >= 11 is 6.61. The number of pyridine rings is 1. The number of fused-ring (bicyclic) bond motifs is 3. The third-order valence-electron chi connectivity index (χ3n) is 7.16. The number of imidazole rings is 1. The highest BCUT2D eigenvalue weighted by Gasteiger charge is 2.47. The number of rotatable bonds is 5. The number of nitrogens with two attached hydrogens (primary N) is 1. The van der Waals surface area contributed by atoms with E-state index in [4.69, 9.17) is 31.8 Å². The van der Waals surface area contributed by atoms with Crippen LogP contribution in [0.25, 0.3) is 22.6 Å². The molecule has 6 rings (SSSR count). The minimum absolute atomic E-state index is 0.130. The van der Waals surface area contributed by atoms with Crippen molar-refractivity contribution in [3.05, 3.63) is 29.1 Å². The molecule has 3 aromatic rings. The maximum Gasteiger partial charge on any atom is 0.404 e. The second-order valence-electron chi connectivity index (χ2n) is 9.29. The summed E-state index contributed by atoms with van der Waals surface area (Å²) in [6.07, 6.45) is 5.59. The third-order valence-corrected chi connectivity index (χ3v) is 7.44. The Hall–Kier alpha value is -3.31. The average Bonchev–Trinajstić information content (AvgIpc) is 3.59. The van der Waals surface area contributed by atoms with Gasteiger partial charge in [0, 0.05) is 32.0 Å². The number of morpholine rings is 1. The van der Waals surface area contributed by atoms with Crippen LogP contribution in [0.2, 0.25) is 5.02 Å². The van der Waals surface area contributed by atoms with Crippen LogP contribution in [0.5, 0.6) is 0 Å². The van der Waals surface area contributed by atoms with Gasteiger partial charge < -0.3 is 30.4 Å². The first kappa shape index (κ1) is 22.2. The van der Waals surface area contributed by atoms with E-state index >= 15 is 0 Å². The lowest BCUT2D eigenvalue weighted by Gasteiger charge is -2.29. The second-order valence-corrected chi connectivity index (χ2v) is 9.70. The number of halogens is 1. The molecule has 0 aromatic carbocycles. The van der Waals surface area contributed by atoms with Crippen LogP contribution in [-0.4, -0.2) is 69.3 Å². The summed E-state index contributed by atoms with van der Waals surface area (Å²) in [6.45, 7) is 4.87. The van der Waals surface area contributed by atoms with Gasteiger partial charge in [0.2, 0.25) is 0 Å². The monoisotopic (exact) mass is 498 g/mol. The number of hydrogen-bond donors (Lipinski definition) is 3. The van der Waals surface area contributed by atoms with Gasteiger partial charge in [-0.15, -0.1) is 0 Å². The van der Waals surface area contributed by atoms with Crippen molar-refractivity contribution in [1.82, 2.24) is 24.7 Å². The molecular formula is C23H27ClN8O3. The zero-order valence-corrected chi connectivity index (χ0v) is 20.2. The Bertz CT molecular complexity index is 1330. The number of aromatic nitrogens is 5. The number of ether oxygens (including phenoxy) is 2. The van der Waals surface area contributed by atoms with Crippen molar-refractivity contribution in [2.24, 2.45) is 24.6 Å². The van der Waals surface area contributed by atoms with Gasteiger partial charge in [0.05, 0.1) is 47.4 Å². The molecule has 0 unspecified atom stereocenters. The molecule has 0 spiro atoms. The first-order valence-corrected chi connectivity index (χ1v) is 12.1. The SMILES string of the molecule is Cc1nn(C)c(N2CCOCC2)c1-c1nc2c(N[C@H]3[C@@H](OC(N)=O)[C@@H]4C=C[C@H]3C4)c(Cl)cnc2[nH]1. The van der Waals surface area contributed by atoms with Crippen LogP contribution in [0.1, 0.15) is 12.1 Å². The van der Waals surface area contributed by atoms with Crippen LogP contribution in [-0.2, 0) is 16.5 Å². The quantitative estimate of drug-likeness (QED) is 0.457. The molecule has 11 nitrogen and oxygen atoms in total. The average molecular weight is 499 g/mol. The Kier molecular flexibility index (Phi) is 5.33. The van der Waals surface area contributed by atoms with E-state index in [9.17, 15) is 4.79 Å². The first-order valence-electron chi connectivity index (χ1n) is 11.7. The van der Waals surface area contributed by atoms with Crippen LogP contribution in [0.3, 0.4) is 0 Å². The van der Waals surface area contributed by atoms with Crippen molar-refractivity contribution in [3.63, 3.8) is 0 Å². The Morgan fingerprint density at radius 2 is 2.09 bits per heavy atom. The topological polar surface area (TPSA) is 136 Å². The van der Waals surface area contributed by atoms with Gasteiger partial charge in [-0.1, -0.05) is 23.8 Å². The predicted molar refractivity (Wildman–Crippen MR) is 131 cm³/mol. The van der Waals surface area contributed by atoms with Gasteiger partial charge in [0.1, 0.15) is 23.3 Å². The molecule has 4 atom stereocenters. The van der Waals surface area contributed by atoms with E-state index in [0.717, 1.165) is 36.6 Å². The van der Waals surface area contributed by atoms with Gasteiger partial charge in [0.25, 0.3) is 0 Å². The number of aryl methyl sites for hydroxylation is 2. The fourth-order valence-corrected chi connectivity index (χ4v) is 5.87. The van der Waals surface area contributed by atoms with E-state index in [1.807, 2.05) is 18.7 Å². The number of primary amides is 1. The van der Waals surface area contributed by atoms with Crippen LogP contribution in [0, 0.1) is 18.8 Å². The largest absolute Gasteiger partial charge is 0.444 e. The highest BCUT2D eigenvalue weighted by Crippen LogP contribution is 2.44. The molecule has 2 fully saturated rings. The van der Waals surface area contributed by atoms with E-state index in [2.05, 4.69) is 37.4 Å². The lowest BCUT2D eigenvalue weighted by atomic mass is 9.98. The van der Waals surface area contributed by atoms with Gasteiger partial charge in [-0.25, -0.2) is 14.8 Å². The summed E-state index contributed by atoms with van der Waals surface area (Å²) in [5.41, 5.74) is 9.01. The maximum atomic E-state index is 11.5. The van der Waals surface area contributed by atoms with Crippen LogP contribution < -0.4 is 16.0 Å². The predicted octanol–water partition coefficient (Wildman–Crippen LogP) is 2.61. The number of nitrogens with one attached hydrogen (secondary N) is 2. The molecule has 184 valence electrons. The van der Waals surface area contributed by atoms with Crippen LogP contribution in [0.15, 0.2) is 18.3 Å². The molecule has 2 aliphatic carbocycles. The molecule has 4 heterocycles. The normalized spacial score (nSPS) is 25.5. The molecule has 4 N–H and O–H groups in total. The number of carbonyl (C=O) groups excluding carboxylic acids is 1.